The van der Waals surface area contributed by atoms with Gasteiger partial charge in [0.2, 0.25) is 5.91 Å². The Morgan fingerprint density at radius 3 is 2.96 bits per heavy atom. The van der Waals surface area contributed by atoms with E-state index in [-0.39, 0.29) is 5.91 Å². The number of thioether (sulfide) groups is 1. The first-order valence-corrected chi connectivity index (χ1v) is 10.1. The lowest BCUT2D eigenvalue weighted by Gasteiger charge is -2.28. The highest BCUT2D eigenvalue weighted by Crippen LogP contribution is 2.34. The molecule has 0 spiro atoms. The Labute approximate surface area is 155 Å². The van der Waals surface area contributed by atoms with Crippen molar-refractivity contribution in [1.29, 1.82) is 0 Å². The first kappa shape index (κ1) is 16.4. The fraction of sp³-hybridized carbons (Fsp3) is 0.200. The molecule has 0 saturated carbocycles. The van der Waals surface area contributed by atoms with E-state index < -0.39 is 0 Å². The Bertz CT molecular complexity index is 919. The van der Waals surface area contributed by atoms with Crippen molar-refractivity contribution in [2.24, 2.45) is 0 Å². The van der Waals surface area contributed by atoms with Crippen molar-refractivity contribution in [2.45, 2.75) is 18.2 Å². The third kappa shape index (κ3) is 3.48. The van der Waals surface area contributed by atoms with Crippen LogP contribution in [0.25, 0.3) is 10.6 Å². The topological polar surface area (TPSA) is 33.2 Å². The van der Waals surface area contributed by atoms with Gasteiger partial charge in [-0.25, -0.2) is 4.98 Å². The molecule has 0 N–H and O–H groups in total. The van der Waals surface area contributed by atoms with Crippen molar-refractivity contribution < 1.29 is 4.79 Å². The molecule has 3 aromatic rings. The van der Waals surface area contributed by atoms with Gasteiger partial charge in [-0.3, -0.25) is 4.79 Å². The predicted molar refractivity (Wildman–Crippen MR) is 106 cm³/mol. The van der Waals surface area contributed by atoms with E-state index in [0.717, 1.165) is 34.2 Å². The highest BCUT2D eigenvalue weighted by atomic mass is 32.2. The lowest BCUT2D eigenvalue weighted by molar-refractivity contribution is -0.118. The molecule has 2 aromatic carbocycles. The summed E-state index contributed by atoms with van der Waals surface area (Å²) in [5, 5.41) is 2.97. The first-order chi connectivity index (χ1) is 12.2. The second-order valence-corrected chi connectivity index (χ2v) is 8.05. The minimum absolute atomic E-state index is 0.119. The average Bonchev–Trinajstić information content (AvgIpc) is 3.10. The zero-order chi connectivity index (χ0) is 17.2. The summed E-state index contributed by atoms with van der Waals surface area (Å²) in [6.45, 7) is 2.84. The van der Waals surface area contributed by atoms with Crippen LogP contribution in [0.4, 0.5) is 5.69 Å². The van der Waals surface area contributed by atoms with Gasteiger partial charge in [0, 0.05) is 28.1 Å². The van der Waals surface area contributed by atoms with Crippen molar-refractivity contribution in [3.05, 3.63) is 65.2 Å². The maximum atomic E-state index is 12.8. The SMILES string of the molecule is Cc1cccc(-c2nc(CC(=O)N3CCSc4ccccc43)cs2)c1. The van der Waals surface area contributed by atoms with E-state index in [0.29, 0.717) is 6.42 Å². The summed E-state index contributed by atoms with van der Waals surface area (Å²) in [4.78, 5) is 20.6. The van der Waals surface area contributed by atoms with Crippen molar-refractivity contribution in [2.75, 3.05) is 17.2 Å². The maximum absolute atomic E-state index is 12.8. The van der Waals surface area contributed by atoms with Crippen LogP contribution in [-0.2, 0) is 11.2 Å². The molecule has 0 bridgehead atoms. The van der Waals surface area contributed by atoms with Gasteiger partial charge in [0.05, 0.1) is 17.8 Å². The monoisotopic (exact) mass is 366 g/mol. The number of carbonyl (C=O) groups excluding carboxylic acids is 1. The molecule has 1 aliphatic heterocycles. The van der Waals surface area contributed by atoms with Crippen molar-refractivity contribution >= 4 is 34.7 Å². The highest BCUT2D eigenvalue weighted by Gasteiger charge is 2.23. The standard InChI is InChI=1S/C20H18N2OS2/c1-14-5-4-6-15(11-14)20-21-16(13-25-20)12-19(23)22-9-10-24-18-8-3-2-7-17(18)22/h2-8,11,13H,9-10,12H2,1H3. The van der Waals surface area contributed by atoms with E-state index in [4.69, 9.17) is 0 Å². The fourth-order valence-electron chi connectivity index (χ4n) is 2.98. The average molecular weight is 367 g/mol. The Morgan fingerprint density at radius 2 is 2.08 bits per heavy atom. The van der Waals surface area contributed by atoms with Gasteiger partial charge in [-0.15, -0.1) is 23.1 Å². The molecule has 3 nitrogen and oxygen atoms in total. The molecule has 1 aliphatic rings. The number of thiazole rings is 1. The number of aryl methyl sites for hydroxylation is 1. The largest absolute Gasteiger partial charge is 0.310 e. The summed E-state index contributed by atoms with van der Waals surface area (Å²) in [5.74, 6) is 1.06. The summed E-state index contributed by atoms with van der Waals surface area (Å²) in [6, 6.07) is 16.4. The van der Waals surface area contributed by atoms with Gasteiger partial charge in [-0.05, 0) is 25.1 Å². The van der Waals surface area contributed by atoms with Crippen LogP contribution in [0.5, 0.6) is 0 Å². The Hall–Kier alpha value is -2.11. The third-order valence-electron chi connectivity index (χ3n) is 4.18. The van der Waals surface area contributed by atoms with Crippen LogP contribution in [0.3, 0.4) is 0 Å². The molecule has 1 amide bonds. The van der Waals surface area contributed by atoms with E-state index in [1.165, 1.54) is 10.5 Å². The number of hydrogen-bond donors (Lipinski definition) is 0. The lowest BCUT2D eigenvalue weighted by Crippen LogP contribution is -2.36. The minimum Gasteiger partial charge on any atom is -0.310 e. The number of carbonyl (C=O) groups is 1. The number of aromatic nitrogens is 1. The van der Waals surface area contributed by atoms with Crippen LogP contribution in [-0.4, -0.2) is 23.2 Å². The van der Waals surface area contributed by atoms with E-state index >= 15 is 0 Å². The van der Waals surface area contributed by atoms with Crippen LogP contribution in [0, 0.1) is 6.92 Å². The van der Waals surface area contributed by atoms with Gasteiger partial charge < -0.3 is 4.90 Å². The molecule has 4 rings (SSSR count). The Balaban J connectivity index is 1.53. The van der Waals surface area contributed by atoms with E-state index in [1.54, 1.807) is 11.3 Å². The van der Waals surface area contributed by atoms with Gasteiger partial charge >= 0.3 is 0 Å². The molecule has 25 heavy (non-hydrogen) atoms. The van der Waals surface area contributed by atoms with E-state index in [1.807, 2.05) is 46.3 Å². The molecule has 0 atom stereocenters. The zero-order valence-electron chi connectivity index (χ0n) is 13.9. The fourth-order valence-corrected chi connectivity index (χ4v) is 4.79. The normalized spacial score (nSPS) is 13.6. The van der Waals surface area contributed by atoms with Gasteiger partial charge in [-0.1, -0.05) is 35.9 Å². The molecule has 0 fully saturated rings. The lowest BCUT2D eigenvalue weighted by atomic mass is 10.1. The molecule has 0 radical (unpaired) electrons. The zero-order valence-corrected chi connectivity index (χ0v) is 15.6. The van der Waals surface area contributed by atoms with Gasteiger partial charge in [0.25, 0.3) is 0 Å². The van der Waals surface area contributed by atoms with Gasteiger partial charge in [0.1, 0.15) is 5.01 Å². The highest BCUT2D eigenvalue weighted by molar-refractivity contribution is 7.99. The molecular formula is C20H18N2OS2. The number of hydrogen-bond acceptors (Lipinski definition) is 4. The Morgan fingerprint density at radius 1 is 1.20 bits per heavy atom. The molecule has 0 unspecified atom stereocenters. The molecule has 2 heterocycles. The van der Waals surface area contributed by atoms with Crippen LogP contribution >= 0.6 is 23.1 Å². The number of rotatable bonds is 3. The van der Waals surface area contributed by atoms with Crippen molar-refractivity contribution in [3.8, 4) is 10.6 Å². The molecule has 0 saturated heterocycles. The van der Waals surface area contributed by atoms with E-state index in [2.05, 4.69) is 36.2 Å². The summed E-state index contributed by atoms with van der Waals surface area (Å²) in [7, 11) is 0. The number of nitrogens with zero attached hydrogens (tertiary/aromatic N) is 2. The van der Waals surface area contributed by atoms with Crippen molar-refractivity contribution in [3.63, 3.8) is 0 Å². The molecule has 126 valence electrons. The van der Waals surface area contributed by atoms with Crippen molar-refractivity contribution in [1.82, 2.24) is 4.98 Å². The number of benzene rings is 2. The summed E-state index contributed by atoms with van der Waals surface area (Å²) < 4.78 is 0. The first-order valence-electron chi connectivity index (χ1n) is 8.24. The number of fused-ring (bicyclic) bond motifs is 1. The molecule has 1 aromatic heterocycles. The van der Waals surface area contributed by atoms with Crippen LogP contribution in [0.1, 0.15) is 11.3 Å². The molecule has 5 heteroatoms. The smallest absolute Gasteiger partial charge is 0.233 e. The quantitative estimate of drug-likeness (QED) is 0.667. The van der Waals surface area contributed by atoms with Crippen LogP contribution < -0.4 is 4.90 Å². The summed E-state index contributed by atoms with van der Waals surface area (Å²) in [5.41, 5.74) is 4.20. The molecule has 0 aliphatic carbocycles. The third-order valence-corrected chi connectivity index (χ3v) is 6.16. The summed E-state index contributed by atoms with van der Waals surface area (Å²) >= 11 is 3.41. The number of anilines is 1. The van der Waals surface area contributed by atoms with Crippen LogP contribution in [0.2, 0.25) is 0 Å². The number of para-hydroxylation sites is 1. The second kappa shape index (κ2) is 7.02. The van der Waals surface area contributed by atoms with E-state index in [9.17, 15) is 4.79 Å². The van der Waals surface area contributed by atoms with Crippen LogP contribution in [0.15, 0.2) is 58.8 Å². The van der Waals surface area contributed by atoms with Gasteiger partial charge in [-0.2, -0.15) is 0 Å². The predicted octanol–water partition coefficient (Wildman–Crippen LogP) is 4.80. The van der Waals surface area contributed by atoms with Gasteiger partial charge in [0.15, 0.2) is 0 Å². The number of amides is 1. The Kier molecular flexibility index (Phi) is 4.59. The second-order valence-electron chi connectivity index (χ2n) is 6.05. The molecular weight excluding hydrogens is 348 g/mol. The summed E-state index contributed by atoms with van der Waals surface area (Å²) in [6.07, 6.45) is 0.349. The minimum atomic E-state index is 0.119. The maximum Gasteiger partial charge on any atom is 0.233 e.